The zero-order valence-electron chi connectivity index (χ0n) is 8.77. The third kappa shape index (κ3) is 1.50. The number of rotatable bonds is 0. The van der Waals surface area contributed by atoms with Gasteiger partial charge in [-0.3, -0.25) is 5.32 Å². The lowest BCUT2D eigenvalue weighted by Gasteiger charge is -2.41. The Morgan fingerprint density at radius 1 is 1.20 bits per heavy atom. The molecule has 0 radical (unpaired) electrons. The molecule has 0 atom stereocenters. The van der Waals surface area contributed by atoms with Crippen molar-refractivity contribution in [2.75, 3.05) is 19.7 Å². The largest absolute Gasteiger partial charge is 0.359 e. The number of ether oxygens (including phenoxy) is 1. The van der Waals surface area contributed by atoms with Crippen molar-refractivity contribution in [1.29, 1.82) is 0 Å². The molecule has 3 fully saturated rings. The van der Waals surface area contributed by atoms with Gasteiger partial charge in [0.15, 0.2) is 0 Å². The van der Waals surface area contributed by atoms with E-state index in [2.05, 4.69) is 16.0 Å². The van der Waals surface area contributed by atoms with E-state index in [9.17, 15) is 4.79 Å². The Morgan fingerprint density at radius 2 is 2.00 bits per heavy atom. The third-order valence-corrected chi connectivity index (χ3v) is 3.91. The first kappa shape index (κ1) is 9.42. The van der Waals surface area contributed by atoms with Crippen LogP contribution in [0.15, 0.2) is 0 Å². The van der Waals surface area contributed by atoms with Gasteiger partial charge in [-0.15, -0.1) is 0 Å². The summed E-state index contributed by atoms with van der Waals surface area (Å²) in [5.74, 6) is 0. The highest BCUT2D eigenvalue weighted by Crippen LogP contribution is 2.37. The highest BCUT2D eigenvalue weighted by molar-refractivity contribution is 5.77. The minimum atomic E-state index is -0.0848. The highest BCUT2D eigenvalue weighted by atomic mass is 16.5. The van der Waals surface area contributed by atoms with Gasteiger partial charge in [0.1, 0.15) is 5.72 Å². The van der Waals surface area contributed by atoms with Crippen molar-refractivity contribution in [2.24, 2.45) is 0 Å². The lowest BCUT2D eigenvalue weighted by atomic mass is 9.78. The van der Waals surface area contributed by atoms with Gasteiger partial charge in [0.05, 0.1) is 12.1 Å². The fraction of sp³-hybridized carbons (Fsp3) is 0.900. The molecule has 1 aliphatic carbocycles. The molecule has 0 aromatic heterocycles. The molecule has 2 amide bonds. The van der Waals surface area contributed by atoms with Gasteiger partial charge in [-0.25, -0.2) is 4.79 Å². The zero-order valence-corrected chi connectivity index (χ0v) is 8.77. The smallest absolute Gasteiger partial charge is 0.315 e. The van der Waals surface area contributed by atoms with Crippen molar-refractivity contribution in [2.45, 2.75) is 36.9 Å². The maximum absolute atomic E-state index is 11.2. The number of carbonyl (C=O) groups is 1. The summed E-state index contributed by atoms with van der Waals surface area (Å²) < 4.78 is 5.77. The Bertz CT molecular complexity index is 276. The number of carbonyl (C=O) groups excluding carboxylic acids is 1. The first-order chi connectivity index (χ1) is 7.22. The van der Waals surface area contributed by atoms with E-state index < -0.39 is 0 Å². The second kappa shape index (κ2) is 3.09. The van der Waals surface area contributed by atoms with Crippen LogP contribution in [0.1, 0.15) is 25.7 Å². The Labute approximate surface area is 88.9 Å². The van der Waals surface area contributed by atoms with Crippen LogP contribution in [0.4, 0.5) is 4.79 Å². The van der Waals surface area contributed by atoms with Crippen LogP contribution in [0, 0.1) is 0 Å². The van der Waals surface area contributed by atoms with Crippen LogP contribution in [0.25, 0.3) is 0 Å². The minimum absolute atomic E-state index is 0.00400. The molecule has 3 aliphatic rings. The van der Waals surface area contributed by atoms with Crippen LogP contribution in [-0.4, -0.2) is 37.0 Å². The number of amides is 2. The average Bonchev–Trinajstić information content (AvgIpc) is 2.81. The molecule has 3 N–H and O–H groups in total. The Kier molecular flexibility index (Phi) is 1.94. The summed E-state index contributed by atoms with van der Waals surface area (Å²) in [6.07, 6.45) is 3.99. The van der Waals surface area contributed by atoms with Crippen molar-refractivity contribution in [3.05, 3.63) is 0 Å². The summed E-state index contributed by atoms with van der Waals surface area (Å²) in [5, 5.41) is 9.32. The maximum Gasteiger partial charge on any atom is 0.315 e. The van der Waals surface area contributed by atoms with Crippen LogP contribution in [-0.2, 0) is 4.74 Å². The Morgan fingerprint density at radius 3 is 2.53 bits per heavy atom. The molecule has 2 aliphatic heterocycles. The van der Waals surface area contributed by atoms with Crippen LogP contribution in [0.2, 0.25) is 0 Å². The molecule has 5 nitrogen and oxygen atoms in total. The molecule has 0 aromatic rings. The molecule has 0 aromatic carbocycles. The summed E-state index contributed by atoms with van der Waals surface area (Å²) in [6.45, 7) is 2.54. The fourth-order valence-electron chi connectivity index (χ4n) is 2.91. The molecule has 15 heavy (non-hydrogen) atoms. The summed E-state index contributed by atoms with van der Waals surface area (Å²) in [5.41, 5.74) is -0.0888. The Hall–Kier alpha value is -0.810. The topological polar surface area (TPSA) is 62.4 Å². The molecule has 0 unspecified atom stereocenters. The van der Waals surface area contributed by atoms with Gasteiger partial charge in [-0.1, -0.05) is 0 Å². The van der Waals surface area contributed by atoms with Crippen molar-refractivity contribution in [1.82, 2.24) is 16.0 Å². The van der Waals surface area contributed by atoms with E-state index in [1.807, 2.05) is 0 Å². The SMILES string of the molecule is O=C1NCC2(CCC3(CC2)NCCO3)N1. The molecule has 2 spiro atoms. The van der Waals surface area contributed by atoms with Gasteiger partial charge in [0, 0.05) is 13.1 Å². The van der Waals surface area contributed by atoms with E-state index >= 15 is 0 Å². The van der Waals surface area contributed by atoms with Crippen molar-refractivity contribution in [3.8, 4) is 0 Å². The number of hydrogen-bond donors (Lipinski definition) is 3. The van der Waals surface area contributed by atoms with Crippen LogP contribution < -0.4 is 16.0 Å². The normalized spacial score (nSPS) is 44.7. The molecular formula is C10H17N3O2. The van der Waals surface area contributed by atoms with E-state index in [4.69, 9.17) is 4.74 Å². The van der Waals surface area contributed by atoms with Crippen molar-refractivity contribution >= 4 is 6.03 Å². The number of urea groups is 1. The lowest BCUT2D eigenvalue weighted by molar-refractivity contribution is -0.0528. The summed E-state index contributed by atoms with van der Waals surface area (Å²) in [6, 6.07) is -0.0220. The molecule has 1 saturated carbocycles. The standard InChI is InChI=1S/C10H17N3O2/c14-8-11-7-9(13-8)1-3-10(4-2-9)12-5-6-15-10/h12H,1-7H2,(H2,11,13,14). The average molecular weight is 211 g/mol. The first-order valence-electron chi connectivity index (χ1n) is 5.67. The van der Waals surface area contributed by atoms with E-state index in [-0.39, 0.29) is 17.3 Å². The van der Waals surface area contributed by atoms with Gasteiger partial charge in [-0.05, 0) is 25.7 Å². The monoisotopic (exact) mass is 211 g/mol. The lowest BCUT2D eigenvalue weighted by Crippen LogP contribution is -2.54. The van der Waals surface area contributed by atoms with Gasteiger partial charge in [-0.2, -0.15) is 0 Å². The van der Waals surface area contributed by atoms with Crippen LogP contribution in [0.5, 0.6) is 0 Å². The summed E-state index contributed by atoms with van der Waals surface area (Å²) >= 11 is 0. The van der Waals surface area contributed by atoms with Gasteiger partial charge < -0.3 is 15.4 Å². The number of hydrogen-bond acceptors (Lipinski definition) is 3. The van der Waals surface area contributed by atoms with Crippen molar-refractivity contribution < 1.29 is 9.53 Å². The first-order valence-corrected chi connectivity index (χ1v) is 5.67. The van der Waals surface area contributed by atoms with E-state index in [1.165, 1.54) is 0 Å². The molecular weight excluding hydrogens is 194 g/mol. The summed E-state index contributed by atoms with van der Waals surface area (Å²) in [7, 11) is 0. The predicted octanol–water partition coefficient (Wildman–Crippen LogP) is -0.0719. The second-order valence-electron chi connectivity index (χ2n) is 4.86. The van der Waals surface area contributed by atoms with Gasteiger partial charge in [0.2, 0.25) is 0 Å². The molecule has 2 saturated heterocycles. The molecule has 0 bridgehead atoms. The fourth-order valence-corrected chi connectivity index (χ4v) is 2.91. The molecule has 5 heteroatoms. The van der Waals surface area contributed by atoms with Crippen molar-refractivity contribution in [3.63, 3.8) is 0 Å². The quantitative estimate of drug-likeness (QED) is 0.525. The second-order valence-corrected chi connectivity index (χ2v) is 4.86. The molecule has 2 heterocycles. The Balaban J connectivity index is 1.67. The van der Waals surface area contributed by atoms with E-state index in [0.717, 1.165) is 45.4 Å². The number of nitrogens with one attached hydrogen (secondary N) is 3. The van der Waals surface area contributed by atoms with Crippen LogP contribution >= 0.6 is 0 Å². The van der Waals surface area contributed by atoms with Crippen LogP contribution in [0.3, 0.4) is 0 Å². The zero-order chi connectivity index (χ0) is 10.4. The van der Waals surface area contributed by atoms with Gasteiger partial charge in [0.25, 0.3) is 0 Å². The molecule has 84 valence electrons. The minimum Gasteiger partial charge on any atom is -0.359 e. The van der Waals surface area contributed by atoms with Gasteiger partial charge >= 0.3 is 6.03 Å². The predicted molar refractivity (Wildman–Crippen MR) is 54.4 cm³/mol. The van der Waals surface area contributed by atoms with E-state index in [1.54, 1.807) is 0 Å². The highest BCUT2D eigenvalue weighted by Gasteiger charge is 2.47. The maximum atomic E-state index is 11.2. The summed E-state index contributed by atoms with van der Waals surface area (Å²) in [4.78, 5) is 11.2. The third-order valence-electron chi connectivity index (χ3n) is 3.91. The molecule has 3 rings (SSSR count). The van der Waals surface area contributed by atoms with E-state index in [0.29, 0.717) is 0 Å².